The molecule has 0 aliphatic rings. The van der Waals surface area contributed by atoms with Crippen LogP contribution in [0.25, 0.3) is 0 Å². The summed E-state index contributed by atoms with van der Waals surface area (Å²) in [5.74, 6) is -2.08. The zero-order valence-electron chi connectivity index (χ0n) is 19.8. The standard InChI is InChI=1S/C12H17F9O3S.C8H20N/c13-3-1-2-5(14)7(16)9(18)11(20)12(21)10(19)8(17)6(15)4-25(22,23)24;1-5-9(6-2,7-3)8-4/h5-12H,1-4H2,(H,22,23,24);5-8H2,1-4H3/q;+1/p-1. The number of quaternary nitrogens is 1. The molecule has 0 fully saturated rings. The second-order valence-corrected chi connectivity index (χ2v) is 9.31. The maximum absolute atomic E-state index is 13.4. The number of hydrogen-bond acceptors (Lipinski definition) is 3. The van der Waals surface area contributed by atoms with Crippen molar-refractivity contribution in [2.24, 2.45) is 0 Å². The Hall–Kier alpha value is -0.760. The molecule has 0 aliphatic carbocycles. The van der Waals surface area contributed by atoms with Crippen molar-refractivity contribution in [3.05, 3.63) is 0 Å². The van der Waals surface area contributed by atoms with E-state index in [1.807, 2.05) is 0 Å². The molecule has 0 aromatic carbocycles. The topological polar surface area (TPSA) is 57.2 Å². The molecule has 0 aliphatic heterocycles. The van der Waals surface area contributed by atoms with Crippen LogP contribution in [0.5, 0.6) is 0 Å². The van der Waals surface area contributed by atoms with Gasteiger partial charge in [-0.15, -0.1) is 0 Å². The van der Waals surface area contributed by atoms with Crippen molar-refractivity contribution < 1.29 is 57.0 Å². The second kappa shape index (κ2) is 16.8. The van der Waals surface area contributed by atoms with Crippen molar-refractivity contribution in [2.45, 2.75) is 89.9 Å². The Morgan fingerprint density at radius 2 is 0.971 bits per heavy atom. The highest BCUT2D eigenvalue weighted by atomic mass is 32.2. The largest absolute Gasteiger partial charge is 0.748 e. The third-order valence-corrected chi connectivity index (χ3v) is 6.60. The molecule has 0 rings (SSSR count). The monoisotopic (exact) mass is 541 g/mol. The first-order chi connectivity index (χ1) is 15.6. The fraction of sp³-hybridized carbons (Fsp3) is 1.00. The first-order valence-electron chi connectivity index (χ1n) is 11.0. The quantitative estimate of drug-likeness (QED) is 0.159. The van der Waals surface area contributed by atoms with Crippen LogP contribution in [-0.2, 0) is 10.1 Å². The van der Waals surface area contributed by atoms with E-state index in [1.54, 1.807) is 0 Å². The highest BCUT2D eigenvalue weighted by Crippen LogP contribution is 2.28. The lowest BCUT2D eigenvalue weighted by Crippen LogP contribution is -2.47. The molecule has 0 heterocycles. The molecule has 0 bridgehead atoms. The minimum atomic E-state index is -5.36. The third-order valence-electron chi connectivity index (χ3n) is 5.87. The molecule has 34 heavy (non-hydrogen) atoms. The molecule has 0 saturated heterocycles. The molecule has 0 aromatic rings. The molecule has 0 spiro atoms. The van der Waals surface area contributed by atoms with E-state index in [0.29, 0.717) is 0 Å². The van der Waals surface area contributed by atoms with Gasteiger partial charge in [0.05, 0.1) is 48.7 Å². The van der Waals surface area contributed by atoms with Gasteiger partial charge in [-0.2, -0.15) is 0 Å². The van der Waals surface area contributed by atoms with Gasteiger partial charge >= 0.3 is 0 Å². The van der Waals surface area contributed by atoms with Gasteiger partial charge in [-0.25, -0.2) is 43.5 Å². The lowest BCUT2D eigenvalue weighted by molar-refractivity contribution is -0.921. The minimum absolute atomic E-state index is 0.546. The van der Waals surface area contributed by atoms with E-state index in [1.165, 1.54) is 30.7 Å². The zero-order chi connectivity index (χ0) is 27.3. The van der Waals surface area contributed by atoms with Crippen molar-refractivity contribution in [1.82, 2.24) is 0 Å². The summed E-state index contributed by atoms with van der Waals surface area (Å²) in [4.78, 5) is 0. The predicted molar refractivity (Wildman–Crippen MR) is 111 cm³/mol. The summed E-state index contributed by atoms with van der Waals surface area (Å²) in [5.41, 5.74) is 0. The SMILES string of the molecule is CC[N+](CC)(CC)CC.O=S(=O)([O-])CC(F)C(F)C(F)C(F)C(F)C(F)C(F)C(F)CCCF. The lowest BCUT2D eigenvalue weighted by atomic mass is 9.97. The maximum Gasteiger partial charge on any atom is 0.168 e. The van der Waals surface area contributed by atoms with E-state index in [9.17, 15) is 52.5 Å². The molecule has 8 atom stereocenters. The van der Waals surface area contributed by atoms with Crippen LogP contribution in [0, 0.1) is 0 Å². The van der Waals surface area contributed by atoms with Gasteiger partial charge in [0.2, 0.25) is 0 Å². The minimum Gasteiger partial charge on any atom is -0.748 e. The van der Waals surface area contributed by atoms with Crippen LogP contribution in [0.3, 0.4) is 0 Å². The Morgan fingerprint density at radius 1 is 0.647 bits per heavy atom. The molecular formula is C20H36F9NO3S. The summed E-state index contributed by atoms with van der Waals surface area (Å²) < 4.78 is 150. The molecule has 8 unspecified atom stereocenters. The van der Waals surface area contributed by atoms with Gasteiger partial charge in [0, 0.05) is 0 Å². The van der Waals surface area contributed by atoms with E-state index in [-0.39, 0.29) is 0 Å². The Labute approximate surface area is 196 Å². The molecule has 0 saturated carbocycles. The molecule has 14 heteroatoms. The summed E-state index contributed by atoms with van der Waals surface area (Å²) >= 11 is 0. The highest BCUT2D eigenvalue weighted by molar-refractivity contribution is 7.85. The Kier molecular flexibility index (Phi) is 17.5. The summed E-state index contributed by atoms with van der Waals surface area (Å²) in [6, 6.07) is 0. The summed E-state index contributed by atoms with van der Waals surface area (Å²) in [6.07, 6.45) is -29.4. The summed E-state index contributed by atoms with van der Waals surface area (Å²) in [5, 5.41) is 0. The molecule has 0 radical (unpaired) electrons. The normalized spacial score (nSPS) is 19.7. The smallest absolute Gasteiger partial charge is 0.168 e. The van der Waals surface area contributed by atoms with Crippen LogP contribution in [0.15, 0.2) is 0 Å². The van der Waals surface area contributed by atoms with Gasteiger partial charge in [-0.1, -0.05) is 0 Å². The number of nitrogens with zero attached hydrogens (tertiary/aromatic N) is 1. The lowest BCUT2D eigenvalue weighted by Gasteiger charge is -2.34. The maximum atomic E-state index is 13.4. The fourth-order valence-electron chi connectivity index (χ4n) is 3.16. The zero-order valence-corrected chi connectivity index (χ0v) is 20.6. The van der Waals surface area contributed by atoms with Crippen molar-refractivity contribution >= 4 is 10.1 Å². The Balaban J connectivity index is 0. The Morgan fingerprint density at radius 3 is 1.24 bits per heavy atom. The van der Waals surface area contributed by atoms with Crippen molar-refractivity contribution in [1.29, 1.82) is 0 Å². The molecule has 4 nitrogen and oxygen atoms in total. The van der Waals surface area contributed by atoms with Crippen LogP contribution in [0.1, 0.15) is 40.5 Å². The van der Waals surface area contributed by atoms with Crippen LogP contribution >= 0.6 is 0 Å². The number of alkyl halides is 9. The van der Waals surface area contributed by atoms with Crippen molar-refractivity contribution in [2.75, 3.05) is 38.6 Å². The molecule has 208 valence electrons. The van der Waals surface area contributed by atoms with Crippen molar-refractivity contribution in [3.63, 3.8) is 0 Å². The first-order valence-corrected chi connectivity index (χ1v) is 12.6. The van der Waals surface area contributed by atoms with E-state index in [0.717, 1.165) is 0 Å². The molecule has 0 aromatic heterocycles. The summed E-state index contributed by atoms with van der Waals surface area (Å²) in [7, 11) is -5.36. The van der Waals surface area contributed by atoms with Gasteiger partial charge in [0.25, 0.3) is 0 Å². The molecule has 0 N–H and O–H groups in total. The second-order valence-electron chi connectivity index (χ2n) is 7.86. The van der Waals surface area contributed by atoms with E-state index >= 15 is 0 Å². The number of halogens is 9. The van der Waals surface area contributed by atoms with Gasteiger partial charge in [0.1, 0.15) is 12.3 Å². The van der Waals surface area contributed by atoms with Crippen LogP contribution < -0.4 is 0 Å². The van der Waals surface area contributed by atoms with Gasteiger partial charge in [0.15, 0.2) is 37.0 Å². The first kappa shape index (κ1) is 35.4. The summed E-state index contributed by atoms with van der Waals surface area (Å²) in [6.45, 7) is 13.1. The van der Waals surface area contributed by atoms with Crippen LogP contribution in [0.2, 0.25) is 0 Å². The van der Waals surface area contributed by atoms with Gasteiger partial charge < -0.3 is 9.04 Å². The van der Waals surface area contributed by atoms with E-state index in [4.69, 9.17) is 0 Å². The predicted octanol–water partition coefficient (Wildman–Crippen LogP) is 4.87. The van der Waals surface area contributed by atoms with Gasteiger partial charge in [-0.05, 0) is 40.5 Å². The highest BCUT2D eigenvalue weighted by Gasteiger charge is 2.47. The average molecular weight is 542 g/mol. The van der Waals surface area contributed by atoms with Crippen molar-refractivity contribution in [3.8, 4) is 0 Å². The Bertz CT molecular complexity index is 611. The third kappa shape index (κ3) is 12.3. The van der Waals surface area contributed by atoms with Gasteiger partial charge in [-0.3, -0.25) is 4.39 Å². The number of hydrogen-bond donors (Lipinski definition) is 0. The fourth-order valence-corrected chi connectivity index (χ4v) is 3.74. The molecular weight excluding hydrogens is 505 g/mol. The van der Waals surface area contributed by atoms with Crippen LogP contribution in [0.4, 0.5) is 39.5 Å². The van der Waals surface area contributed by atoms with E-state index in [2.05, 4.69) is 27.7 Å². The molecule has 0 amide bonds. The number of rotatable bonds is 16. The van der Waals surface area contributed by atoms with Crippen LogP contribution in [-0.4, -0.2) is 105 Å². The van der Waals surface area contributed by atoms with E-state index < -0.39 is 84.8 Å². The average Bonchev–Trinajstić information content (AvgIpc) is 2.80.